The Labute approximate surface area is 109 Å². The Bertz CT molecular complexity index is 391. The summed E-state index contributed by atoms with van der Waals surface area (Å²) in [5, 5.41) is 0. The van der Waals surface area contributed by atoms with Crippen molar-refractivity contribution in [2.24, 2.45) is 5.92 Å². The second-order valence-electron chi connectivity index (χ2n) is 4.84. The van der Waals surface area contributed by atoms with Gasteiger partial charge in [0.25, 0.3) is 0 Å². The van der Waals surface area contributed by atoms with Crippen LogP contribution in [0.5, 0.6) is 0 Å². The fourth-order valence-corrected chi connectivity index (χ4v) is 3.33. The average molecular weight is 304 g/mol. The van der Waals surface area contributed by atoms with Crippen LogP contribution in [0.25, 0.3) is 0 Å². The standard InChI is InChI=1S/C13H16BrF2N/c1-17(7-9-5-11(14)6-9)8-10-3-2-4-12(15)13(10)16/h2-4,9,11H,5-8H2,1H3. The van der Waals surface area contributed by atoms with Crippen molar-refractivity contribution in [3.8, 4) is 0 Å². The molecule has 1 aliphatic carbocycles. The Morgan fingerprint density at radius 1 is 1.35 bits per heavy atom. The molecule has 0 aromatic heterocycles. The van der Waals surface area contributed by atoms with Crippen LogP contribution in [0, 0.1) is 17.6 Å². The van der Waals surface area contributed by atoms with Gasteiger partial charge in [0.1, 0.15) is 0 Å². The van der Waals surface area contributed by atoms with Crippen LogP contribution in [-0.4, -0.2) is 23.3 Å². The normalized spacial score (nSPS) is 23.8. The predicted octanol–water partition coefficient (Wildman–Crippen LogP) is 3.57. The number of alkyl halides is 1. The van der Waals surface area contributed by atoms with Crippen LogP contribution in [0.3, 0.4) is 0 Å². The molecule has 1 aliphatic rings. The highest BCUT2D eigenvalue weighted by Crippen LogP contribution is 2.33. The summed E-state index contributed by atoms with van der Waals surface area (Å²) in [5.41, 5.74) is 0.433. The minimum absolute atomic E-state index is 0.433. The van der Waals surface area contributed by atoms with Crippen LogP contribution in [-0.2, 0) is 6.54 Å². The van der Waals surface area contributed by atoms with Crippen molar-refractivity contribution >= 4 is 15.9 Å². The second-order valence-corrected chi connectivity index (χ2v) is 6.14. The molecule has 2 rings (SSSR count). The molecule has 1 aromatic rings. The van der Waals surface area contributed by atoms with Crippen molar-refractivity contribution in [3.63, 3.8) is 0 Å². The SMILES string of the molecule is CN(Cc1cccc(F)c1F)CC1CC(Br)C1. The fourth-order valence-electron chi connectivity index (χ4n) is 2.27. The molecule has 0 atom stereocenters. The lowest BCUT2D eigenvalue weighted by atomic mass is 9.85. The van der Waals surface area contributed by atoms with Gasteiger partial charge in [-0.25, -0.2) is 8.78 Å². The molecule has 17 heavy (non-hydrogen) atoms. The Hall–Kier alpha value is -0.480. The van der Waals surface area contributed by atoms with Crippen molar-refractivity contribution in [2.45, 2.75) is 24.2 Å². The first-order valence-corrected chi connectivity index (χ1v) is 6.73. The maximum atomic E-state index is 13.4. The van der Waals surface area contributed by atoms with E-state index in [4.69, 9.17) is 0 Å². The molecule has 0 unspecified atom stereocenters. The van der Waals surface area contributed by atoms with Crippen molar-refractivity contribution in [1.29, 1.82) is 0 Å². The molecule has 1 aromatic carbocycles. The molecule has 4 heteroatoms. The zero-order chi connectivity index (χ0) is 12.4. The Morgan fingerprint density at radius 2 is 2.06 bits per heavy atom. The molecular weight excluding hydrogens is 288 g/mol. The van der Waals surface area contributed by atoms with E-state index < -0.39 is 11.6 Å². The van der Waals surface area contributed by atoms with Gasteiger partial charge >= 0.3 is 0 Å². The van der Waals surface area contributed by atoms with E-state index in [1.54, 1.807) is 12.1 Å². The summed E-state index contributed by atoms with van der Waals surface area (Å²) in [6, 6.07) is 4.35. The molecule has 1 nitrogen and oxygen atoms in total. The van der Waals surface area contributed by atoms with Crippen LogP contribution < -0.4 is 0 Å². The maximum absolute atomic E-state index is 13.4. The highest BCUT2D eigenvalue weighted by Gasteiger charge is 2.27. The molecule has 0 N–H and O–H groups in total. The van der Waals surface area contributed by atoms with Gasteiger partial charge in [-0.3, -0.25) is 0 Å². The Balaban J connectivity index is 1.89. The third kappa shape index (κ3) is 3.26. The zero-order valence-electron chi connectivity index (χ0n) is 9.80. The van der Waals surface area contributed by atoms with E-state index in [1.807, 2.05) is 7.05 Å². The topological polar surface area (TPSA) is 3.24 Å². The summed E-state index contributed by atoms with van der Waals surface area (Å²) in [7, 11) is 1.95. The predicted molar refractivity (Wildman–Crippen MR) is 68.1 cm³/mol. The molecule has 1 fully saturated rings. The average Bonchev–Trinajstić information content (AvgIpc) is 2.23. The van der Waals surface area contributed by atoms with Crippen LogP contribution in [0.2, 0.25) is 0 Å². The highest BCUT2D eigenvalue weighted by molar-refractivity contribution is 9.09. The third-order valence-corrected chi connectivity index (χ3v) is 3.97. The van der Waals surface area contributed by atoms with Gasteiger partial charge < -0.3 is 4.90 Å². The van der Waals surface area contributed by atoms with Crippen LogP contribution in [0.15, 0.2) is 18.2 Å². The molecule has 0 radical (unpaired) electrons. The van der Waals surface area contributed by atoms with Crippen molar-refractivity contribution < 1.29 is 8.78 Å². The molecule has 0 heterocycles. The number of halogens is 3. The lowest BCUT2D eigenvalue weighted by molar-refractivity contribution is 0.206. The highest BCUT2D eigenvalue weighted by atomic mass is 79.9. The minimum Gasteiger partial charge on any atom is -0.302 e. The molecule has 0 aliphatic heterocycles. The van der Waals surface area contributed by atoms with Gasteiger partial charge in [0.15, 0.2) is 11.6 Å². The van der Waals surface area contributed by atoms with Crippen LogP contribution in [0.1, 0.15) is 18.4 Å². The molecule has 0 bridgehead atoms. The molecule has 94 valence electrons. The first kappa shape index (κ1) is 13.0. The first-order chi connectivity index (χ1) is 8.06. The van der Waals surface area contributed by atoms with E-state index in [1.165, 1.54) is 12.8 Å². The molecule has 0 saturated heterocycles. The molecule has 0 spiro atoms. The molecular formula is C13H16BrF2N. The van der Waals surface area contributed by atoms with Crippen molar-refractivity contribution in [1.82, 2.24) is 4.90 Å². The largest absolute Gasteiger partial charge is 0.302 e. The van der Waals surface area contributed by atoms with Crippen LogP contribution >= 0.6 is 15.9 Å². The second kappa shape index (κ2) is 5.44. The smallest absolute Gasteiger partial charge is 0.163 e. The zero-order valence-corrected chi connectivity index (χ0v) is 11.4. The number of hydrogen-bond donors (Lipinski definition) is 0. The van der Waals surface area contributed by atoms with E-state index in [2.05, 4.69) is 20.8 Å². The lowest BCUT2D eigenvalue weighted by Gasteiger charge is -2.34. The van der Waals surface area contributed by atoms with Gasteiger partial charge in [0.2, 0.25) is 0 Å². The van der Waals surface area contributed by atoms with Gasteiger partial charge in [0.05, 0.1) is 0 Å². The molecule has 1 saturated carbocycles. The summed E-state index contributed by atoms with van der Waals surface area (Å²) in [6.07, 6.45) is 2.35. The summed E-state index contributed by atoms with van der Waals surface area (Å²) in [5.74, 6) is -0.799. The van der Waals surface area contributed by atoms with Gasteiger partial charge in [0, 0.05) is 23.5 Å². The summed E-state index contributed by atoms with van der Waals surface area (Å²) in [4.78, 5) is 2.70. The minimum atomic E-state index is -0.764. The van der Waals surface area contributed by atoms with E-state index in [9.17, 15) is 8.78 Å². The monoisotopic (exact) mass is 303 g/mol. The van der Waals surface area contributed by atoms with E-state index in [0.29, 0.717) is 22.9 Å². The van der Waals surface area contributed by atoms with Gasteiger partial charge in [-0.05, 0) is 31.9 Å². The van der Waals surface area contributed by atoms with E-state index in [0.717, 1.165) is 12.6 Å². The maximum Gasteiger partial charge on any atom is 0.163 e. The quantitative estimate of drug-likeness (QED) is 0.769. The number of hydrogen-bond acceptors (Lipinski definition) is 1. The summed E-state index contributed by atoms with van der Waals surface area (Å²) >= 11 is 3.55. The van der Waals surface area contributed by atoms with Gasteiger partial charge in [-0.2, -0.15) is 0 Å². The lowest BCUT2D eigenvalue weighted by Crippen LogP contribution is -2.34. The Morgan fingerprint density at radius 3 is 2.71 bits per heavy atom. The van der Waals surface area contributed by atoms with Gasteiger partial charge in [-0.15, -0.1) is 0 Å². The fraction of sp³-hybridized carbons (Fsp3) is 0.538. The molecule has 0 amide bonds. The summed E-state index contributed by atoms with van der Waals surface area (Å²) < 4.78 is 26.5. The Kier molecular flexibility index (Phi) is 4.15. The van der Waals surface area contributed by atoms with Crippen molar-refractivity contribution in [2.75, 3.05) is 13.6 Å². The third-order valence-electron chi connectivity index (χ3n) is 3.22. The number of rotatable bonds is 4. The first-order valence-electron chi connectivity index (χ1n) is 5.81. The van der Waals surface area contributed by atoms with Crippen molar-refractivity contribution in [3.05, 3.63) is 35.4 Å². The van der Waals surface area contributed by atoms with Crippen LogP contribution in [0.4, 0.5) is 8.78 Å². The number of nitrogens with zero attached hydrogens (tertiary/aromatic N) is 1. The van der Waals surface area contributed by atoms with E-state index >= 15 is 0 Å². The number of benzene rings is 1. The van der Waals surface area contributed by atoms with Gasteiger partial charge in [-0.1, -0.05) is 28.1 Å². The van der Waals surface area contributed by atoms with E-state index in [-0.39, 0.29) is 0 Å². The summed E-state index contributed by atoms with van der Waals surface area (Å²) in [6.45, 7) is 1.41.